The molecule has 0 saturated heterocycles. The minimum absolute atomic E-state index is 0.0523. The van der Waals surface area contributed by atoms with Gasteiger partial charge >= 0.3 is 0 Å². The molecule has 0 atom stereocenters. The minimum Gasteiger partial charge on any atom is -0.380 e. The maximum Gasteiger partial charge on any atom is 0.269 e. The third-order valence-corrected chi connectivity index (χ3v) is 3.30. The molecule has 0 radical (unpaired) electrons. The summed E-state index contributed by atoms with van der Waals surface area (Å²) in [5, 5.41) is 18.2. The van der Waals surface area contributed by atoms with Crippen LogP contribution in [0.1, 0.15) is 5.56 Å². The molecule has 1 aromatic carbocycles. The molecule has 4 nitrogen and oxygen atoms in total. The van der Waals surface area contributed by atoms with Gasteiger partial charge in [-0.2, -0.15) is 11.3 Å². The molecule has 0 unspecified atom stereocenters. The van der Waals surface area contributed by atoms with Gasteiger partial charge in [-0.25, -0.2) is 0 Å². The van der Waals surface area contributed by atoms with Gasteiger partial charge in [-0.3, -0.25) is 10.1 Å². The van der Waals surface area contributed by atoms with Gasteiger partial charge < -0.3 is 5.32 Å². The lowest BCUT2D eigenvalue weighted by atomic mass is 10.2. The molecule has 0 saturated carbocycles. The summed E-state index contributed by atoms with van der Waals surface area (Å²) >= 11 is 7.56. The number of non-ortho nitro benzene ring substituents is 1. The van der Waals surface area contributed by atoms with Crippen LogP contribution in [0, 0.1) is 10.1 Å². The lowest BCUT2D eigenvalue weighted by Crippen LogP contribution is -2.00. The highest BCUT2D eigenvalue weighted by Crippen LogP contribution is 2.23. The molecule has 88 valence electrons. The Morgan fingerprint density at radius 1 is 1.41 bits per heavy atom. The van der Waals surface area contributed by atoms with Crippen LogP contribution in [0.15, 0.2) is 35.0 Å². The molecule has 0 aliphatic heterocycles. The predicted octanol–water partition coefficient (Wildman–Crippen LogP) is 3.92. The number of nitrogens with zero attached hydrogens (tertiary/aromatic N) is 1. The molecule has 0 aliphatic carbocycles. The number of nitro groups is 1. The SMILES string of the molecule is O=[N+]([O-])c1ccc(Cl)c(CNc2ccsc2)c1. The topological polar surface area (TPSA) is 55.2 Å². The van der Waals surface area contributed by atoms with E-state index in [2.05, 4.69) is 5.32 Å². The number of thiophene rings is 1. The third-order valence-electron chi connectivity index (χ3n) is 2.24. The van der Waals surface area contributed by atoms with Gasteiger partial charge in [0.1, 0.15) is 0 Å². The average molecular weight is 269 g/mol. The van der Waals surface area contributed by atoms with Crippen molar-refractivity contribution >= 4 is 34.3 Å². The van der Waals surface area contributed by atoms with E-state index in [0.717, 1.165) is 5.69 Å². The molecule has 0 bridgehead atoms. The van der Waals surface area contributed by atoms with Crippen molar-refractivity contribution in [1.29, 1.82) is 0 Å². The van der Waals surface area contributed by atoms with E-state index in [0.29, 0.717) is 17.1 Å². The standard InChI is InChI=1S/C11H9ClN2O2S/c12-11-2-1-10(14(15)16)5-8(11)6-13-9-3-4-17-7-9/h1-5,7,13H,6H2. The Kier molecular flexibility index (Phi) is 3.61. The van der Waals surface area contributed by atoms with E-state index in [1.165, 1.54) is 12.1 Å². The van der Waals surface area contributed by atoms with Crippen molar-refractivity contribution in [3.05, 3.63) is 55.7 Å². The van der Waals surface area contributed by atoms with Gasteiger partial charge in [0.15, 0.2) is 0 Å². The quantitative estimate of drug-likeness (QED) is 0.675. The lowest BCUT2D eigenvalue weighted by Gasteiger charge is -2.06. The Labute approximate surface area is 107 Å². The number of nitro benzene ring substituents is 1. The van der Waals surface area contributed by atoms with Crippen molar-refractivity contribution < 1.29 is 4.92 Å². The van der Waals surface area contributed by atoms with E-state index in [9.17, 15) is 10.1 Å². The van der Waals surface area contributed by atoms with Gasteiger partial charge in [0, 0.05) is 34.8 Å². The van der Waals surface area contributed by atoms with E-state index in [1.54, 1.807) is 17.4 Å². The fourth-order valence-corrected chi connectivity index (χ4v) is 2.17. The molecule has 6 heteroatoms. The van der Waals surface area contributed by atoms with Crippen LogP contribution in [0.4, 0.5) is 11.4 Å². The van der Waals surface area contributed by atoms with Crippen LogP contribution >= 0.6 is 22.9 Å². The number of rotatable bonds is 4. The van der Waals surface area contributed by atoms with Crippen molar-refractivity contribution in [2.75, 3.05) is 5.32 Å². The second-order valence-electron chi connectivity index (χ2n) is 3.40. The third kappa shape index (κ3) is 2.95. The zero-order valence-electron chi connectivity index (χ0n) is 8.72. The van der Waals surface area contributed by atoms with Gasteiger partial charge in [-0.05, 0) is 23.1 Å². The van der Waals surface area contributed by atoms with Crippen molar-refractivity contribution in [3.63, 3.8) is 0 Å². The van der Waals surface area contributed by atoms with Crippen molar-refractivity contribution in [1.82, 2.24) is 0 Å². The summed E-state index contributed by atoms with van der Waals surface area (Å²) in [6.45, 7) is 0.469. The lowest BCUT2D eigenvalue weighted by molar-refractivity contribution is -0.384. The van der Waals surface area contributed by atoms with Gasteiger partial charge in [-0.15, -0.1) is 0 Å². The zero-order chi connectivity index (χ0) is 12.3. The summed E-state index contributed by atoms with van der Waals surface area (Å²) in [5.41, 5.74) is 1.75. The molecule has 1 N–H and O–H groups in total. The number of anilines is 1. The van der Waals surface area contributed by atoms with E-state index in [1.807, 2.05) is 16.8 Å². The first-order chi connectivity index (χ1) is 8.16. The molecule has 0 aliphatic rings. The summed E-state index contributed by atoms with van der Waals surface area (Å²) < 4.78 is 0. The van der Waals surface area contributed by atoms with Crippen LogP contribution in [-0.2, 0) is 6.54 Å². The molecular formula is C11H9ClN2O2S. The van der Waals surface area contributed by atoms with Crippen molar-refractivity contribution in [2.24, 2.45) is 0 Å². The molecule has 2 aromatic rings. The maximum atomic E-state index is 10.6. The van der Waals surface area contributed by atoms with Crippen LogP contribution in [0.5, 0.6) is 0 Å². The first-order valence-electron chi connectivity index (χ1n) is 4.85. The Hall–Kier alpha value is -1.59. The van der Waals surface area contributed by atoms with E-state index < -0.39 is 4.92 Å². The highest BCUT2D eigenvalue weighted by molar-refractivity contribution is 7.08. The predicted molar refractivity (Wildman–Crippen MR) is 69.8 cm³/mol. The molecule has 17 heavy (non-hydrogen) atoms. The van der Waals surface area contributed by atoms with Crippen LogP contribution < -0.4 is 5.32 Å². The highest BCUT2D eigenvalue weighted by atomic mass is 35.5. The zero-order valence-corrected chi connectivity index (χ0v) is 10.3. The van der Waals surface area contributed by atoms with E-state index in [-0.39, 0.29) is 5.69 Å². The van der Waals surface area contributed by atoms with Crippen LogP contribution in [0.25, 0.3) is 0 Å². The van der Waals surface area contributed by atoms with Crippen molar-refractivity contribution in [2.45, 2.75) is 6.54 Å². The van der Waals surface area contributed by atoms with E-state index >= 15 is 0 Å². The second-order valence-corrected chi connectivity index (χ2v) is 4.59. The number of hydrogen-bond donors (Lipinski definition) is 1. The van der Waals surface area contributed by atoms with Crippen LogP contribution in [-0.4, -0.2) is 4.92 Å². The number of halogens is 1. The molecule has 1 aromatic heterocycles. The number of benzene rings is 1. The van der Waals surface area contributed by atoms with Gasteiger partial charge in [0.25, 0.3) is 5.69 Å². The summed E-state index contributed by atoms with van der Waals surface area (Å²) in [6, 6.07) is 6.37. The number of hydrogen-bond acceptors (Lipinski definition) is 4. The van der Waals surface area contributed by atoms with Gasteiger partial charge in [-0.1, -0.05) is 11.6 Å². The minimum atomic E-state index is -0.426. The first kappa shape index (κ1) is 11.9. The van der Waals surface area contributed by atoms with Crippen molar-refractivity contribution in [3.8, 4) is 0 Å². The average Bonchev–Trinajstić information content (AvgIpc) is 2.80. The summed E-state index contributed by atoms with van der Waals surface area (Å²) in [7, 11) is 0. The van der Waals surface area contributed by atoms with Crippen LogP contribution in [0.3, 0.4) is 0 Å². The Morgan fingerprint density at radius 3 is 2.88 bits per heavy atom. The van der Waals surface area contributed by atoms with E-state index in [4.69, 9.17) is 11.6 Å². The Balaban J connectivity index is 2.14. The monoisotopic (exact) mass is 268 g/mol. The Morgan fingerprint density at radius 2 is 2.24 bits per heavy atom. The molecule has 1 heterocycles. The largest absolute Gasteiger partial charge is 0.380 e. The molecule has 0 spiro atoms. The number of nitrogens with one attached hydrogen (secondary N) is 1. The summed E-state index contributed by atoms with van der Waals surface area (Å²) in [4.78, 5) is 10.2. The molecule has 2 rings (SSSR count). The molecule has 0 amide bonds. The Bertz CT molecular complexity index is 528. The van der Waals surface area contributed by atoms with Crippen LogP contribution in [0.2, 0.25) is 5.02 Å². The van der Waals surface area contributed by atoms with Gasteiger partial charge in [0.2, 0.25) is 0 Å². The molecule has 0 fully saturated rings. The first-order valence-corrected chi connectivity index (χ1v) is 6.18. The summed E-state index contributed by atoms with van der Waals surface area (Å²) in [6.07, 6.45) is 0. The normalized spacial score (nSPS) is 10.2. The smallest absolute Gasteiger partial charge is 0.269 e. The second kappa shape index (κ2) is 5.16. The summed E-state index contributed by atoms with van der Waals surface area (Å²) in [5.74, 6) is 0. The molecular weight excluding hydrogens is 260 g/mol. The fourth-order valence-electron chi connectivity index (χ4n) is 1.37. The van der Waals surface area contributed by atoms with Gasteiger partial charge in [0.05, 0.1) is 4.92 Å². The fraction of sp³-hybridized carbons (Fsp3) is 0.0909. The maximum absolute atomic E-state index is 10.6. The highest BCUT2D eigenvalue weighted by Gasteiger charge is 2.09.